The van der Waals surface area contributed by atoms with E-state index in [4.69, 9.17) is 14.0 Å². The number of aliphatic hydroxyl groups is 1. The summed E-state index contributed by atoms with van der Waals surface area (Å²) in [7, 11) is 0. The summed E-state index contributed by atoms with van der Waals surface area (Å²) in [6, 6.07) is 0. The van der Waals surface area contributed by atoms with E-state index >= 15 is 0 Å². The van der Waals surface area contributed by atoms with Gasteiger partial charge in [-0.25, -0.2) is 18.7 Å². The summed E-state index contributed by atoms with van der Waals surface area (Å²) in [4.78, 5) is 25.0. The lowest BCUT2D eigenvalue weighted by Crippen LogP contribution is -2.44. The summed E-state index contributed by atoms with van der Waals surface area (Å²) in [6.45, 7) is 9.88. The summed E-state index contributed by atoms with van der Waals surface area (Å²) >= 11 is -2.37. The quantitative estimate of drug-likeness (QED) is 0.730. The van der Waals surface area contributed by atoms with Crippen LogP contribution in [0.5, 0.6) is 0 Å². The molecule has 0 fully saturated rings. The van der Waals surface area contributed by atoms with Crippen molar-refractivity contribution >= 4 is 23.3 Å². The van der Waals surface area contributed by atoms with Crippen LogP contribution in [0.2, 0.25) is 0 Å². The van der Waals surface area contributed by atoms with Crippen molar-refractivity contribution in [1.29, 1.82) is 0 Å². The van der Waals surface area contributed by atoms with Gasteiger partial charge >= 0.3 is 12.2 Å². The number of hydrogen-bond donors (Lipinski definition) is 2. The van der Waals surface area contributed by atoms with Crippen molar-refractivity contribution in [3.05, 3.63) is 0 Å². The number of aliphatic hydroxyl groups excluding tert-OH is 1. The van der Waals surface area contributed by atoms with Crippen molar-refractivity contribution in [3.63, 3.8) is 0 Å². The maximum absolute atomic E-state index is 12.1. The highest BCUT2D eigenvalue weighted by Gasteiger charge is 2.31. The molecule has 0 rings (SSSR count). The molecule has 2 unspecified atom stereocenters. The molecule has 0 aromatic rings. The van der Waals surface area contributed by atoms with Crippen molar-refractivity contribution in [2.24, 2.45) is 0 Å². The van der Waals surface area contributed by atoms with Crippen LogP contribution in [-0.2, 0) is 20.6 Å². The van der Waals surface area contributed by atoms with Gasteiger partial charge in [0, 0.05) is 6.54 Å². The van der Waals surface area contributed by atoms with Gasteiger partial charge in [0.05, 0.1) is 0 Å². The van der Waals surface area contributed by atoms with Crippen LogP contribution in [0.3, 0.4) is 0 Å². The summed E-state index contributed by atoms with van der Waals surface area (Å²) < 4.78 is 29.7. The van der Waals surface area contributed by atoms with Crippen LogP contribution in [0.4, 0.5) is 9.59 Å². The first-order valence-electron chi connectivity index (χ1n) is 7.24. The van der Waals surface area contributed by atoms with Gasteiger partial charge in [0.2, 0.25) is 0 Å². The predicted molar refractivity (Wildman–Crippen MR) is 85.2 cm³/mol. The molecule has 0 aliphatic rings. The topological polar surface area (TPSA) is 113 Å². The molecular weight excluding hydrogens is 326 g/mol. The highest BCUT2D eigenvalue weighted by molar-refractivity contribution is 7.79. The van der Waals surface area contributed by atoms with Crippen LogP contribution in [0.15, 0.2) is 0 Å². The molecule has 136 valence electrons. The van der Waals surface area contributed by atoms with Gasteiger partial charge in [-0.2, -0.15) is 0 Å². The molecule has 9 heteroatoms. The number of ether oxygens (including phenoxy) is 2. The number of carbonyl (C=O) groups excluding carboxylic acids is 2. The van der Waals surface area contributed by atoms with Crippen LogP contribution in [0.1, 0.15) is 54.4 Å². The zero-order valence-electron chi connectivity index (χ0n) is 14.5. The molecule has 0 saturated heterocycles. The van der Waals surface area contributed by atoms with E-state index in [9.17, 15) is 18.9 Å². The third-order valence-electron chi connectivity index (χ3n) is 2.29. The Labute approximate surface area is 139 Å². The molecule has 0 bridgehead atoms. The second kappa shape index (κ2) is 8.60. The Balaban J connectivity index is 4.90. The van der Waals surface area contributed by atoms with Gasteiger partial charge in [0.25, 0.3) is 0 Å². The zero-order chi connectivity index (χ0) is 18.4. The maximum atomic E-state index is 12.1. The van der Waals surface area contributed by atoms with E-state index in [-0.39, 0.29) is 19.4 Å². The van der Waals surface area contributed by atoms with Crippen molar-refractivity contribution in [2.75, 3.05) is 6.54 Å². The van der Waals surface area contributed by atoms with E-state index in [0.29, 0.717) is 0 Å². The van der Waals surface area contributed by atoms with Crippen molar-refractivity contribution in [3.8, 4) is 0 Å². The highest BCUT2D eigenvalue weighted by Crippen LogP contribution is 2.15. The molecule has 0 spiro atoms. The molecule has 2 amide bonds. The van der Waals surface area contributed by atoms with Crippen LogP contribution in [-0.4, -0.2) is 54.1 Å². The number of rotatable bonds is 5. The van der Waals surface area contributed by atoms with Crippen molar-refractivity contribution in [1.82, 2.24) is 4.90 Å². The summed E-state index contributed by atoms with van der Waals surface area (Å²) in [6.07, 6.45) is -1.66. The third kappa shape index (κ3) is 10.2. The second-order valence-corrected chi connectivity index (χ2v) is 8.08. The van der Waals surface area contributed by atoms with E-state index in [1.807, 2.05) is 0 Å². The minimum absolute atomic E-state index is 0.0504. The van der Waals surface area contributed by atoms with Gasteiger partial charge in [-0.05, 0) is 54.4 Å². The number of nitrogens with zero attached hydrogens (tertiary/aromatic N) is 1. The second-order valence-electron chi connectivity index (χ2n) is 6.99. The van der Waals surface area contributed by atoms with Crippen LogP contribution in [0, 0.1) is 0 Å². The van der Waals surface area contributed by atoms with E-state index in [1.165, 1.54) is 0 Å². The smallest absolute Gasteiger partial charge is 0.419 e. The SMILES string of the molecule is CC(C)(C)OC(=O)N(CCCC(O)S(=O)O)C(=O)OC(C)(C)C. The average Bonchev–Trinajstić information content (AvgIpc) is 2.29. The van der Waals surface area contributed by atoms with Crippen molar-refractivity contribution < 1.29 is 32.9 Å². The number of carbonyl (C=O) groups is 2. The molecular formula is C14H27NO7S. The Hall–Kier alpha value is -1.19. The van der Waals surface area contributed by atoms with E-state index in [2.05, 4.69) is 0 Å². The Kier molecular flexibility index (Phi) is 8.16. The average molecular weight is 353 g/mol. The Morgan fingerprint density at radius 1 is 1.04 bits per heavy atom. The third-order valence-corrected chi connectivity index (χ3v) is 2.99. The molecule has 23 heavy (non-hydrogen) atoms. The molecule has 0 radical (unpaired) electrons. The molecule has 0 aliphatic carbocycles. The number of amides is 2. The standard InChI is InChI=1S/C14H27NO7S/c1-13(2,3)21-11(17)15(12(18)22-14(4,5)6)9-7-8-10(16)23(19)20/h10,16H,7-9H2,1-6H3,(H,19,20). The molecule has 8 nitrogen and oxygen atoms in total. The van der Waals surface area contributed by atoms with E-state index < -0.39 is 39.9 Å². The zero-order valence-corrected chi connectivity index (χ0v) is 15.3. The minimum atomic E-state index is -2.37. The van der Waals surface area contributed by atoms with Gasteiger partial charge in [-0.3, -0.25) is 0 Å². The number of imide groups is 1. The highest BCUT2D eigenvalue weighted by atomic mass is 32.2. The van der Waals surface area contributed by atoms with Crippen molar-refractivity contribution in [2.45, 2.75) is 71.0 Å². The van der Waals surface area contributed by atoms with Gasteiger partial charge < -0.3 is 19.1 Å². The van der Waals surface area contributed by atoms with Gasteiger partial charge in [-0.1, -0.05) is 0 Å². The number of hydrogen-bond acceptors (Lipinski definition) is 6. The van der Waals surface area contributed by atoms with Crippen LogP contribution >= 0.6 is 0 Å². The van der Waals surface area contributed by atoms with Crippen LogP contribution < -0.4 is 0 Å². The van der Waals surface area contributed by atoms with Gasteiger partial charge in [0.15, 0.2) is 16.5 Å². The fraction of sp³-hybridized carbons (Fsp3) is 0.857. The van der Waals surface area contributed by atoms with E-state index in [0.717, 1.165) is 4.90 Å². The molecule has 0 saturated carbocycles. The molecule has 0 heterocycles. The Morgan fingerprint density at radius 3 is 1.74 bits per heavy atom. The summed E-state index contributed by atoms with van der Waals surface area (Å²) in [5.41, 5.74) is -3.01. The first-order chi connectivity index (χ1) is 10.2. The minimum Gasteiger partial charge on any atom is -0.443 e. The molecule has 0 aromatic heterocycles. The molecule has 0 aromatic carbocycles. The lowest BCUT2D eigenvalue weighted by molar-refractivity contribution is 0.000872. The summed E-state index contributed by atoms with van der Waals surface area (Å²) in [5, 5.41) is 9.29. The lowest BCUT2D eigenvalue weighted by Gasteiger charge is -2.28. The largest absolute Gasteiger partial charge is 0.443 e. The fourth-order valence-corrected chi connectivity index (χ4v) is 1.78. The molecule has 2 atom stereocenters. The van der Waals surface area contributed by atoms with Gasteiger partial charge in [-0.15, -0.1) is 0 Å². The normalized spacial score (nSPS) is 14.8. The first kappa shape index (κ1) is 21.8. The summed E-state index contributed by atoms with van der Waals surface area (Å²) in [5.74, 6) is 0. The maximum Gasteiger partial charge on any atom is 0.419 e. The molecule has 2 N–H and O–H groups in total. The molecule has 0 aliphatic heterocycles. The first-order valence-corrected chi connectivity index (χ1v) is 8.41. The predicted octanol–water partition coefficient (Wildman–Crippen LogP) is 2.48. The fourth-order valence-electron chi connectivity index (χ4n) is 1.42. The van der Waals surface area contributed by atoms with Crippen LogP contribution in [0.25, 0.3) is 0 Å². The Bertz CT molecular complexity index is 411. The van der Waals surface area contributed by atoms with Gasteiger partial charge in [0.1, 0.15) is 11.2 Å². The monoisotopic (exact) mass is 353 g/mol. The van der Waals surface area contributed by atoms with E-state index in [1.54, 1.807) is 41.5 Å². The lowest BCUT2D eigenvalue weighted by atomic mass is 10.2. The Morgan fingerprint density at radius 2 is 1.43 bits per heavy atom.